The van der Waals surface area contributed by atoms with Crippen LogP contribution in [-0.2, 0) is 4.79 Å². The average Bonchev–Trinajstić information content (AvgIpc) is 2.66. The van der Waals surface area contributed by atoms with Crippen molar-refractivity contribution < 1.29 is 14.3 Å². The van der Waals surface area contributed by atoms with Crippen LogP contribution in [0.2, 0.25) is 0 Å². The van der Waals surface area contributed by atoms with E-state index in [0.717, 1.165) is 35.6 Å². The second kappa shape index (κ2) is 10.3. The van der Waals surface area contributed by atoms with Crippen molar-refractivity contribution >= 4 is 11.6 Å². The predicted molar refractivity (Wildman–Crippen MR) is 120 cm³/mol. The first-order valence-electron chi connectivity index (χ1n) is 10.4. The van der Waals surface area contributed by atoms with Crippen LogP contribution in [0.5, 0.6) is 11.5 Å². The minimum atomic E-state index is -0.486. The van der Waals surface area contributed by atoms with Gasteiger partial charge in [-0.3, -0.25) is 4.79 Å². The van der Waals surface area contributed by atoms with Crippen molar-refractivity contribution in [3.63, 3.8) is 0 Å². The molecule has 2 aromatic carbocycles. The molecule has 0 atom stereocenters. The van der Waals surface area contributed by atoms with Crippen LogP contribution in [0.3, 0.4) is 0 Å². The van der Waals surface area contributed by atoms with E-state index in [-0.39, 0.29) is 5.91 Å². The molecule has 2 aromatic rings. The van der Waals surface area contributed by atoms with Gasteiger partial charge in [0.2, 0.25) is 5.91 Å². The van der Waals surface area contributed by atoms with Crippen molar-refractivity contribution in [2.24, 2.45) is 11.3 Å². The molecule has 2 rings (SSSR count). The number of rotatable bonds is 10. The summed E-state index contributed by atoms with van der Waals surface area (Å²) < 4.78 is 11.7. The molecule has 29 heavy (non-hydrogen) atoms. The number of nitrogens with one attached hydrogen (secondary N) is 1. The number of hydrogen-bond donors (Lipinski definition) is 1. The van der Waals surface area contributed by atoms with Crippen molar-refractivity contribution in [3.05, 3.63) is 53.6 Å². The van der Waals surface area contributed by atoms with Gasteiger partial charge < -0.3 is 14.8 Å². The summed E-state index contributed by atoms with van der Waals surface area (Å²) in [4.78, 5) is 12.8. The number of ether oxygens (including phenoxy) is 2. The van der Waals surface area contributed by atoms with Crippen LogP contribution in [0.1, 0.15) is 51.7 Å². The van der Waals surface area contributed by atoms with E-state index in [1.165, 1.54) is 5.56 Å². The average molecular weight is 398 g/mol. The third-order valence-electron chi connectivity index (χ3n) is 4.84. The fraction of sp³-hybridized carbons (Fsp3) is 0.480. The lowest BCUT2D eigenvalue weighted by Crippen LogP contribution is -2.31. The highest BCUT2D eigenvalue weighted by molar-refractivity contribution is 5.94. The van der Waals surface area contributed by atoms with Crippen molar-refractivity contribution in [2.75, 3.05) is 18.5 Å². The van der Waals surface area contributed by atoms with Gasteiger partial charge in [0.05, 0.1) is 13.2 Å². The number of carbonyl (C=O) groups is 1. The summed E-state index contributed by atoms with van der Waals surface area (Å²) in [6, 6.07) is 13.8. The zero-order chi connectivity index (χ0) is 21.4. The van der Waals surface area contributed by atoms with Crippen LogP contribution < -0.4 is 14.8 Å². The highest BCUT2D eigenvalue weighted by atomic mass is 16.5. The summed E-state index contributed by atoms with van der Waals surface area (Å²) in [5, 5.41) is 3.03. The second-order valence-corrected chi connectivity index (χ2v) is 8.79. The van der Waals surface area contributed by atoms with Crippen LogP contribution in [0.15, 0.2) is 42.5 Å². The van der Waals surface area contributed by atoms with Gasteiger partial charge in [-0.2, -0.15) is 0 Å². The van der Waals surface area contributed by atoms with E-state index in [4.69, 9.17) is 9.47 Å². The first-order chi connectivity index (χ1) is 13.7. The van der Waals surface area contributed by atoms with Gasteiger partial charge in [0.1, 0.15) is 11.5 Å². The first-order valence-corrected chi connectivity index (χ1v) is 10.4. The van der Waals surface area contributed by atoms with Crippen LogP contribution in [0.4, 0.5) is 5.69 Å². The Balaban J connectivity index is 1.84. The molecule has 0 radical (unpaired) electrons. The van der Waals surface area contributed by atoms with Gasteiger partial charge in [-0.15, -0.1) is 0 Å². The number of carbonyl (C=O) groups excluding carboxylic acids is 1. The molecule has 0 aliphatic heterocycles. The highest BCUT2D eigenvalue weighted by Crippen LogP contribution is 2.27. The van der Waals surface area contributed by atoms with Gasteiger partial charge in [-0.25, -0.2) is 0 Å². The largest absolute Gasteiger partial charge is 0.493 e. The molecule has 0 heterocycles. The molecule has 0 unspecified atom stereocenters. The van der Waals surface area contributed by atoms with Crippen molar-refractivity contribution in [1.29, 1.82) is 0 Å². The summed E-state index contributed by atoms with van der Waals surface area (Å²) in [6.07, 6.45) is 1.55. The highest BCUT2D eigenvalue weighted by Gasteiger charge is 2.27. The molecule has 1 amide bonds. The number of aryl methyl sites for hydroxylation is 2. The molecule has 1 N–H and O–H groups in total. The molecule has 4 heteroatoms. The molecule has 0 aliphatic carbocycles. The van der Waals surface area contributed by atoms with Gasteiger partial charge in [-0.05, 0) is 61.9 Å². The second-order valence-electron chi connectivity index (χ2n) is 8.79. The molecule has 0 saturated heterocycles. The number of amides is 1. The van der Waals surface area contributed by atoms with Crippen molar-refractivity contribution in [2.45, 2.75) is 54.4 Å². The molecule has 4 nitrogen and oxygen atoms in total. The van der Waals surface area contributed by atoms with E-state index in [9.17, 15) is 4.79 Å². The summed E-state index contributed by atoms with van der Waals surface area (Å²) in [5.74, 6) is 2.16. The molecule has 158 valence electrons. The maximum Gasteiger partial charge on any atom is 0.230 e. The summed E-state index contributed by atoms with van der Waals surface area (Å²) >= 11 is 0. The topological polar surface area (TPSA) is 47.6 Å². The van der Waals surface area contributed by atoms with E-state index in [1.807, 2.05) is 45.0 Å². The van der Waals surface area contributed by atoms with Gasteiger partial charge in [0.25, 0.3) is 0 Å². The number of hydrogen-bond acceptors (Lipinski definition) is 3. The van der Waals surface area contributed by atoms with Gasteiger partial charge in [-0.1, -0.05) is 45.9 Å². The predicted octanol–water partition coefficient (Wildman–Crippen LogP) is 6.16. The molecular formula is C25H35NO3. The molecule has 0 fully saturated rings. The van der Waals surface area contributed by atoms with Gasteiger partial charge in [0, 0.05) is 17.2 Å². The van der Waals surface area contributed by atoms with Crippen molar-refractivity contribution in [1.82, 2.24) is 0 Å². The molecular weight excluding hydrogens is 362 g/mol. The first kappa shape index (κ1) is 22.8. The lowest BCUT2D eigenvalue weighted by Gasteiger charge is -2.24. The Hall–Kier alpha value is -2.49. The summed E-state index contributed by atoms with van der Waals surface area (Å²) in [5.41, 5.74) is 2.59. The Morgan fingerprint density at radius 3 is 2.55 bits per heavy atom. The van der Waals surface area contributed by atoms with E-state index in [0.29, 0.717) is 19.1 Å². The fourth-order valence-electron chi connectivity index (χ4n) is 2.90. The van der Waals surface area contributed by atoms with Crippen LogP contribution in [-0.4, -0.2) is 19.1 Å². The molecule has 0 aromatic heterocycles. The molecule has 0 bridgehead atoms. The maximum absolute atomic E-state index is 12.8. The summed E-state index contributed by atoms with van der Waals surface area (Å²) in [6.45, 7) is 13.5. The number of anilines is 1. The SMILES string of the molecule is Cc1ccc(C)c(OCCCC(C)(C)C(=O)Nc2cccc(OCC(C)C)c2)c1. The van der Waals surface area contributed by atoms with E-state index >= 15 is 0 Å². The normalized spacial score (nSPS) is 11.4. The van der Waals surface area contributed by atoms with E-state index in [2.05, 4.69) is 44.3 Å². The Labute approximate surface area is 175 Å². The van der Waals surface area contributed by atoms with Crippen molar-refractivity contribution in [3.8, 4) is 11.5 Å². The smallest absolute Gasteiger partial charge is 0.230 e. The van der Waals surface area contributed by atoms with Gasteiger partial charge >= 0.3 is 0 Å². The lowest BCUT2D eigenvalue weighted by molar-refractivity contribution is -0.124. The Bertz CT molecular complexity index is 811. The van der Waals surface area contributed by atoms with Gasteiger partial charge in [0.15, 0.2) is 0 Å². The number of benzene rings is 2. The lowest BCUT2D eigenvalue weighted by atomic mass is 9.87. The third kappa shape index (κ3) is 7.45. The quantitative estimate of drug-likeness (QED) is 0.488. The minimum Gasteiger partial charge on any atom is -0.493 e. The molecule has 0 saturated carbocycles. The van der Waals surface area contributed by atoms with E-state index in [1.54, 1.807) is 0 Å². The maximum atomic E-state index is 12.8. The minimum absolute atomic E-state index is 0.00486. The summed E-state index contributed by atoms with van der Waals surface area (Å²) in [7, 11) is 0. The van der Waals surface area contributed by atoms with Crippen LogP contribution in [0.25, 0.3) is 0 Å². The molecule has 0 aliphatic rings. The zero-order valence-electron chi connectivity index (χ0n) is 18.7. The standard InChI is InChI=1S/C25H35NO3/c1-18(2)17-29-22-10-7-9-21(16-22)26-24(27)25(5,6)13-8-14-28-23-15-19(3)11-12-20(23)4/h7,9-12,15-16,18H,8,13-14,17H2,1-6H3,(H,26,27). The zero-order valence-corrected chi connectivity index (χ0v) is 18.7. The monoisotopic (exact) mass is 397 g/mol. The van der Waals surface area contributed by atoms with Crippen LogP contribution >= 0.6 is 0 Å². The Morgan fingerprint density at radius 1 is 1.07 bits per heavy atom. The fourth-order valence-corrected chi connectivity index (χ4v) is 2.90. The third-order valence-corrected chi connectivity index (χ3v) is 4.84. The Kier molecular flexibility index (Phi) is 8.12. The molecule has 0 spiro atoms. The van der Waals surface area contributed by atoms with E-state index < -0.39 is 5.41 Å². The Morgan fingerprint density at radius 2 is 1.83 bits per heavy atom. The van der Waals surface area contributed by atoms with Crippen LogP contribution in [0, 0.1) is 25.2 Å².